The Bertz CT molecular complexity index is 789. The number of halogens is 1. The molecule has 12 nitrogen and oxygen atoms in total. The SMILES string of the molecule is CCCOCCOCCOCCOCCOCCOCCOCCOCCOCCOCCOCCOc1ccc(C(C)C)cc1F. The number of hydrogen-bond acceptors (Lipinski definition) is 12. The van der Waals surface area contributed by atoms with Crippen molar-refractivity contribution in [1.29, 1.82) is 0 Å². The largest absolute Gasteiger partial charge is 0.488 e. The lowest BCUT2D eigenvalue weighted by atomic mass is 10.0. The van der Waals surface area contributed by atoms with Gasteiger partial charge in [-0.15, -0.1) is 0 Å². The van der Waals surface area contributed by atoms with Gasteiger partial charge in [0.2, 0.25) is 0 Å². The van der Waals surface area contributed by atoms with E-state index in [-0.39, 0.29) is 24.1 Å². The number of hydrogen-bond donors (Lipinski definition) is 0. The minimum Gasteiger partial charge on any atom is -0.488 e. The Hall–Kier alpha value is -1.49. The van der Waals surface area contributed by atoms with E-state index in [1.165, 1.54) is 6.07 Å². The van der Waals surface area contributed by atoms with Crippen molar-refractivity contribution < 1.29 is 61.2 Å². The summed E-state index contributed by atoms with van der Waals surface area (Å²) in [7, 11) is 0. The highest BCUT2D eigenvalue weighted by Gasteiger charge is 2.07. The maximum absolute atomic E-state index is 14.0. The smallest absolute Gasteiger partial charge is 0.165 e. The molecule has 0 unspecified atom stereocenters. The summed E-state index contributed by atoms with van der Waals surface area (Å²) >= 11 is 0. The summed E-state index contributed by atoms with van der Waals surface area (Å²) in [5.41, 5.74) is 0.945. The Labute approximate surface area is 281 Å². The van der Waals surface area contributed by atoms with Crippen LogP contribution in [-0.2, 0) is 52.1 Å². The molecule has 0 spiro atoms. The van der Waals surface area contributed by atoms with Crippen molar-refractivity contribution >= 4 is 0 Å². The Kier molecular flexibility index (Phi) is 31.8. The van der Waals surface area contributed by atoms with Crippen molar-refractivity contribution in [2.75, 3.05) is 152 Å². The van der Waals surface area contributed by atoms with Crippen LogP contribution in [-0.4, -0.2) is 152 Å². The molecule has 0 aliphatic carbocycles. The molecule has 0 fully saturated rings. The summed E-state index contributed by atoms with van der Waals surface area (Å²) < 4.78 is 79.4. The van der Waals surface area contributed by atoms with E-state index in [1.807, 2.05) is 19.9 Å². The monoisotopic (exact) mass is 680 g/mol. The Morgan fingerprint density at radius 3 is 0.957 bits per heavy atom. The van der Waals surface area contributed by atoms with Crippen LogP contribution in [0, 0.1) is 5.82 Å². The van der Waals surface area contributed by atoms with E-state index in [0.717, 1.165) is 18.6 Å². The molecule has 0 saturated heterocycles. The van der Waals surface area contributed by atoms with Gasteiger partial charge < -0.3 is 56.8 Å². The van der Waals surface area contributed by atoms with Gasteiger partial charge >= 0.3 is 0 Å². The third kappa shape index (κ3) is 29.2. The molecular weight excluding hydrogens is 619 g/mol. The highest BCUT2D eigenvalue weighted by molar-refractivity contribution is 5.30. The average Bonchev–Trinajstić information content (AvgIpc) is 3.07. The molecule has 13 heteroatoms. The van der Waals surface area contributed by atoms with Crippen molar-refractivity contribution in [3.8, 4) is 5.75 Å². The molecule has 1 rings (SSSR count). The van der Waals surface area contributed by atoms with Gasteiger partial charge in [-0.2, -0.15) is 0 Å². The average molecular weight is 681 g/mol. The molecule has 1 aromatic carbocycles. The first-order valence-corrected chi connectivity index (χ1v) is 16.9. The van der Waals surface area contributed by atoms with Crippen LogP contribution < -0.4 is 4.74 Å². The molecule has 0 radical (unpaired) electrons. The third-order valence-electron chi connectivity index (χ3n) is 6.18. The third-order valence-corrected chi connectivity index (χ3v) is 6.18. The molecule has 0 aliphatic rings. The molecule has 0 amide bonds. The number of ether oxygens (including phenoxy) is 12. The quantitative estimate of drug-likeness (QED) is 0.0951. The summed E-state index contributed by atoms with van der Waals surface area (Å²) in [5, 5.41) is 0. The van der Waals surface area contributed by atoms with E-state index in [1.54, 1.807) is 6.07 Å². The number of benzene rings is 1. The van der Waals surface area contributed by atoms with Gasteiger partial charge in [-0.1, -0.05) is 26.8 Å². The van der Waals surface area contributed by atoms with Crippen LogP contribution in [0.15, 0.2) is 18.2 Å². The highest BCUT2D eigenvalue weighted by atomic mass is 19.1. The summed E-state index contributed by atoms with van der Waals surface area (Å²) in [4.78, 5) is 0. The topological polar surface area (TPSA) is 111 Å². The van der Waals surface area contributed by atoms with Crippen LogP contribution in [0.5, 0.6) is 5.75 Å². The van der Waals surface area contributed by atoms with E-state index in [9.17, 15) is 4.39 Å². The van der Waals surface area contributed by atoms with Crippen molar-refractivity contribution in [3.05, 3.63) is 29.6 Å². The minimum absolute atomic E-state index is 0.241. The van der Waals surface area contributed by atoms with Gasteiger partial charge in [0.1, 0.15) is 6.61 Å². The standard InChI is InChI=1S/C34H61FO12/c1-4-7-36-8-9-37-10-11-38-12-13-39-14-15-40-16-17-41-18-19-42-20-21-43-22-23-44-24-25-45-26-27-46-28-29-47-34-6-5-32(31(2)3)30-33(34)35/h5-6,30-31H,4,7-29H2,1-3H3. The molecule has 0 aliphatic heterocycles. The highest BCUT2D eigenvalue weighted by Crippen LogP contribution is 2.22. The molecule has 0 aromatic heterocycles. The maximum atomic E-state index is 14.0. The summed E-state index contributed by atoms with van der Waals surface area (Å²) in [6.07, 6.45) is 1.02. The zero-order chi connectivity index (χ0) is 33.9. The molecule has 47 heavy (non-hydrogen) atoms. The number of rotatable bonds is 37. The van der Waals surface area contributed by atoms with Crippen molar-refractivity contribution in [1.82, 2.24) is 0 Å². The van der Waals surface area contributed by atoms with Gasteiger partial charge in [-0.25, -0.2) is 4.39 Å². The summed E-state index contributed by atoms with van der Waals surface area (Å²) in [6, 6.07) is 5.05. The van der Waals surface area contributed by atoms with Gasteiger partial charge in [0.15, 0.2) is 11.6 Å². The van der Waals surface area contributed by atoms with Crippen molar-refractivity contribution in [2.24, 2.45) is 0 Å². The molecule has 0 N–H and O–H groups in total. The van der Waals surface area contributed by atoms with Crippen LogP contribution in [0.25, 0.3) is 0 Å². The Morgan fingerprint density at radius 1 is 0.426 bits per heavy atom. The fraction of sp³-hybridized carbons (Fsp3) is 0.824. The Morgan fingerprint density at radius 2 is 0.702 bits per heavy atom. The van der Waals surface area contributed by atoms with E-state index < -0.39 is 0 Å². The van der Waals surface area contributed by atoms with E-state index in [0.29, 0.717) is 139 Å². The van der Waals surface area contributed by atoms with Gasteiger partial charge in [0.05, 0.1) is 139 Å². The Balaban J connectivity index is 1.67. The van der Waals surface area contributed by atoms with Crippen LogP contribution in [0.4, 0.5) is 4.39 Å². The van der Waals surface area contributed by atoms with Crippen LogP contribution in [0.1, 0.15) is 38.7 Å². The van der Waals surface area contributed by atoms with Crippen LogP contribution >= 0.6 is 0 Å². The second-order valence-corrected chi connectivity index (χ2v) is 10.4. The first-order valence-electron chi connectivity index (χ1n) is 16.9. The van der Waals surface area contributed by atoms with E-state index in [4.69, 9.17) is 56.8 Å². The fourth-order valence-electron chi connectivity index (χ4n) is 3.65. The lowest BCUT2D eigenvalue weighted by Crippen LogP contribution is -2.15. The lowest BCUT2D eigenvalue weighted by molar-refractivity contribution is -0.0277. The van der Waals surface area contributed by atoms with Gasteiger partial charge in [0, 0.05) is 6.61 Å². The fourth-order valence-corrected chi connectivity index (χ4v) is 3.65. The molecule has 0 atom stereocenters. The van der Waals surface area contributed by atoms with Gasteiger partial charge in [0.25, 0.3) is 0 Å². The first-order chi connectivity index (χ1) is 23.1. The molecule has 1 aromatic rings. The zero-order valence-electron chi connectivity index (χ0n) is 29.1. The molecule has 276 valence electrons. The van der Waals surface area contributed by atoms with E-state index >= 15 is 0 Å². The second-order valence-electron chi connectivity index (χ2n) is 10.4. The normalized spacial score (nSPS) is 11.6. The second kappa shape index (κ2) is 34.4. The van der Waals surface area contributed by atoms with Crippen molar-refractivity contribution in [2.45, 2.75) is 33.1 Å². The molecule has 0 saturated carbocycles. The lowest BCUT2D eigenvalue weighted by Gasteiger charge is -2.11. The van der Waals surface area contributed by atoms with Crippen LogP contribution in [0.2, 0.25) is 0 Å². The minimum atomic E-state index is -0.350. The maximum Gasteiger partial charge on any atom is 0.165 e. The zero-order valence-corrected chi connectivity index (χ0v) is 29.1. The van der Waals surface area contributed by atoms with Crippen LogP contribution in [0.3, 0.4) is 0 Å². The van der Waals surface area contributed by atoms with Gasteiger partial charge in [-0.05, 0) is 30.0 Å². The van der Waals surface area contributed by atoms with Gasteiger partial charge in [-0.3, -0.25) is 0 Å². The van der Waals surface area contributed by atoms with E-state index in [2.05, 4.69) is 6.92 Å². The molecule has 0 heterocycles. The predicted molar refractivity (Wildman–Crippen MR) is 175 cm³/mol. The first kappa shape index (κ1) is 43.5. The summed E-state index contributed by atoms with van der Waals surface area (Å²) in [5.74, 6) is 0.163. The predicted octanol–water partition coefficient (Wildman–Crippen LogP) is 3.92. The summed E-state index contributed by atoms with van der Waals surface area (Å²) in [6.45, 7) is 17.8. The molecular formula is C34H61FO12. The molecule has 0 bridgehead atoms. The van der Waals surface area contributed by atoms with Crippen molar-refractivity contribution in [3.63, 3.8) is 0 Å².